The van der Waals surface area contributed by atoms with E-state index in [1.807, 2.05) is 36.5 Å². The molecular weight excluding hydrogens is 308 g/mol. The summed E-state index contributed by atoms with van der Waals surface area (Å²) in [6.07, 6.45) is 8.04. The lowest BCUT2D eigenvalue weighted by molar-refractivity contribution is 0.304. The van der Waals surface area contributed by atoms with Gasteiger partial charge >= 0.3 is 0 Å². The van der Waals surface area contributed by atoms with E-state index < -0.39 is 0 Å². The molecule has 25 heavy (non-hydrogen) atoms. The van der Waals surface area contributed by atoms with Crippen LogP contribution in [0.25, 0.3) is 0 Å². The van der Waals surface area contributed by atoms with Gasteiger partial charge in [-0.25, -0.2) is 0 Å². The highest BCUT2D eigenvalue weighted by molar-refractivity contribution is 5.84. The molecule has 0 aliphatic rings. The Bertz CT molecular complexity index is 679. The van der Waals surface area contributed by atoms with E-state index in [1.165, 1.54) is 36.8 Å². The van der Waals surface area contributed by atoms with Crippen molar-refractivity contribution in [3.8, 4) is 5.75 Å². The maximum atomic E-state index is 5.94. The zero-order valence-electron chi connectivity index (χ0n) is 15.7. The largest absolute Gasteiger partial charge is 0.493 e. The van der Waals surface area contributed by atoms with Gasteiger partial charge in [0.1, 0.15) is 5.75 Å². The van der Waals surface area contributed by atoms with Gasteiger partial charge in [0.2, 0.25) is 0 Å². The van der Waals surface area contributed by atoms with Gasteiger partial charge in [0.25, 0.3) is 0 Å². The van der Waals surface area contributed by atoms with E-state index in [2.05, 4.69) is 43.4 Å². The molecule has 0 saturated carbocycles. The van der Waals surface area contributed by atoms with Crippen LogP contribution in [-0.2, 0) is 0 Å². The summed E-state index contributed by atoms with van der Waals surface area (Å²) < 4.78 is 5.94. The van der Waals surface area contributed by atoms with Crippen LogP contribution in [0.4, 0.5) is 5.69 Å². The predicted octanol–water partition coefficient (Wildman–Crippen LogP) is 6.10. The minimum Gasteiger partial charge on any atom is -0.493 e. The molecule has 0 spiro atoms. The first-order valence-electron chi connectivity index (χ1n) is 9.29. The molecule has 2 aromatic rings. The summed E-state index contributed by atoms with van der Waals surface area (Å²) in [7, 11) is 0. The molecule has 3 nitrogen and oxygen atoms in total. The first-order valence-corrected chi connectivity index (χ1v) is 9.29. The van der Waals surface area contributed by atoms with Gasteiger partial charge in [-0.2, -0.15) is 5.10 Å². The second-order valence-corrected chi connectivity index (χ2v) is 6.47. The van der Waals surface area contributed by atoms with E-state index in [1.54, 1.807) is 0 Å². The maximum Gasteiger partial charge on any atom is 0.128 e. The number of benzene rings is 2. The molecule has 0 radical (unpaired) electrons. The van der Waals surface area contributed by atoms with Gasteiger partial charge < -0.3 is 4.74 Å². The topological polar surface area (TPSA) is 33.6 Å². The lowest BCUT2D eigenvalue weighted by Crippen LogP contribution is -2.00. The van der Waals surface area contributed by atoms with Crippen molar-refractivity contribution in [3.63, 3.8) is 0 Å². The standard InChI is InChI=1S/C22H30N2O/c1-4-5-6-7-10-15-25-22-12-9-8-11-20(22)17-23-24-21-14-13-18(2)19(3)16-21/h8-9,11-14,16-17,24H,4-7,10,15H2,1-3H3/b23-17+. The maximum absolute atomic E-state index is 5.94. The summed E-state index contributed by atoms with van der Waals surface area (Å²) in [5.74, 6) is 0.892. The van der Waals surface area contributed by atoms with Crippen LogP contribution in [-0.4, -0.2) is 12.8 Å². The molecular formula is C22H30N2O. The zero-order valence-corrected chi connectivity index (χ0v) is 15.7. The zero-order chi connectivity index (χ0) is 17.9. The number of para-hydroxylation sites is 1. The summed E-state index contributed by atoms with van der Waals surface area (Å²) in [5, 5.41) is 4.36. The van der Waals surface area contributed by atoms with Gasteiger partial charge in [0.05, 0.1) is 18.5 Å². The molecule has 3 heteroatoms. The number of nitrogens with zero attached hydrogens (tertiary/aromatic N) is 1. The summed E-state index contributed by atoms with van der Waals surface area (Å²) in [4.78, 5) is 0. The number of anilines is 1. The van der Waals surface area contributed by atoms with Crippen molar-refractivity contribution in [2.75, 3.05) is 12.0 Å². The minimum atomic E-state index is 0.763. The highest BCUT2D eigenvalue weighted by Gasteiger charge is 2.01. The van der Waals surface area contributed by atoms with Crippen molar-refractivity contribution in [1.82, 2.24) is 0 Å². The number of nitrogens with one attached hydrogen (secondary N) is 1. The first-order chi connectivity index (χ1) is 12.2. The van der Waals surface area contributed by atoms with Crippen molar-refractivity contribution in [1.29, 1.82) is 0 Å². The number of rotatable bonds is 10. The van der Waals surface area contributed by atoms with Gasteiger partial charge in [0.15, 0.2) is 0 Å². The lowest BCUT2D eigenvalue weighted by Gasteiger charge is -2.09. The fourth-order valence-electron chi connectivity index (χ4n) is 2.59. The molecule has 0 saturated heterocycles. The van der Waals surface area contributed by atoms with E-state index in [-0.39, 0.29) is 0 Å². The van der Waals surface area contributed by atoms with Crippen LogP contribution >= 0.6 is 0 Å². The van der Waals surface area contributed by atoms with E-state index in [0.29, 0.717) is 0 Å². The predicted molar refractivity (Wildman–Crippen MR) is 108 cm³/mol. The van der Waals surface area contributed by atoms with Crippen molar-refractivity contribution >= 4 is 11.9 Å². The van der Waals surface area contributed by atoms with Gasteiger partial charge in [-0.1, -0.05) is 50.8 Å². The third-order valence-corrected chi connectivity index (χ3v) is 4.33. The van der Waals surface area contributed by atoms with Crippen LogP contribution < -0.4 is 10.2 Å². The highest BCUT2D eigenvalue weighted by atomic mass is 16.5. The van der Waals surface area contributed by atoms with Crippen molar-refractivity contribution in [2.45, 2.75) is 52.9 Å². The molecule has 1 N–H and O–H groups in total. The lowest BCUT2D eigenvalue weighted by atomic mass is 10.1. The van der Waals surface area contributed by atoms with Crippen LogP contribution in [0.1, 0.15) is 55.7 Å². The Labute approximate surface area is 152 Å². The fourth-order valence-corrected chi connectivity index (χ4v) is 2.59. The van der Waals surface area contributed by atoms with Gasteiger partial charge in [0, 0.05) is 5.56 Å². The van der Waals surface area contributed by atoms with E-state index >= 15 is 0 Å². The third kappa shape index (κ3) is 6.61. The molecule has 2 aromatic carbocycles. The molecule has 0 aliphatic heterocycles. The number of hydrogen-bond acceptors (Lipinski definition) is 3. The van der Waals surface area contributed by atoms with E-state index in [4.69, 9.17) is 4.74 Å². The molecule has 0 aromatic heterocycles. The van der Waals surface area contributed by atoms with Crippen LogP contribution in [0.15, 0.2) is 47.6 Å². The summed E-state index contributed by atoms with van der Waals surface area (Å²) >= 11 is 0. The summed E-state index contributed by atoms with van der Waals surface area (Å²) in [6.45, 7) is 7.21. The Kier molecular flexibility index (Phi) is 8.03. The van der Waals surface area contributed by atoms with Gasteiger partial charge in [-0.05, 0) is 55.7 Å². The SMILES string of the molecule is CCCCCCCOc1ccccc1/C=N/Nc1ccc(C)c(C)c1. The van der Waals surface area contributed by atoms with E-state index in [9.17, 15) is 0 Å². The Balaban J connectivity index is 1.87. The van der Waals surface area contributed by atoms with Crippen molar-refractivity contribution in [3.05, 3.63) is 59.2 Å². The number of unbranched alkanes of at least 4 members (excludes halogenated alkanes) is 4. The third-order valence-electron chi connectivity index (χ3n) is 4.33. The molecule has 0 unspecified atom stereocenters. The number of hydrogen-bond donors (Lipinski definition) is 1. The second kappa shape index (κ2) is 10.5. The van der Waals surface area contributed by atoms with Gasteiger partial charge in [-0.3, -0.25) is 5.43 Å². The van der Waals surface area contributed by atoms with Crippen molar-refractivity contribution in [2.24, 2.45) is 5.10 Å². The molecule has 134 valence electrons. The van der Waals surface area contributed by atoms with Crippen LogP contribution in [0.2, 0.25) is 0 Å². The Hall–Kier alpha value is -2.29. The molecule has 0 heterocycles. The minimum absolute atomic E-state index is 0.763. The number of ether oxygens (including phenoxy) is 1. The monoisotopic (exact) mass is 338 g/mol. The Morgan fingerprint density at radius 3 is 2.56 bits per heavy atom. The quantitative estimate of drug-likeness (QED) is 0.323. The smallest absolute Gasteiger partial charge is 0.128 e. The van der Waals surface area contributed by atoms with Gasteiger partial charge in [-0.15, -0.1) is 0 Å². The molecule has 2 rings (SSSR count). The van der Waals surface area contributed by atoms with Crippen LogP contribution in [0.3, 0.4) is 0 Å². The fraction of sp³-hybridized carbons (Fsp3) is 0.409. The van der Waals surface area contributed by atoms with Crippen LogP contribution in [0.5, 0.6) is 5.75 Å². The molecule has 0 fully saturated rings. The first kappa shape index (κ1) is 19.0. The molecule has 0 atom stereocenters. The number of aryl methyl sites for hydroxylation is 2. The number of hydrazone groups is 1. The average molecular weight is 338 g/mol. The normalized spacial score (nSPS) is 11.0. The average Bonchev–Trinajstić information content (AvgIpc) is 2.62. The highest BCUT2D eigenvalue weighted by Crippen LogP contribution is 2.18. The second-order valence-electron chi connectivity index (χ2n) is 6.47. The Morgan fingerprint density at radius 2 is 1.76 bits per heavy atom. The van der Waals surface area contributed by atoms with E-state index in [0.717, 1.165) is 30.0 Å². The molecule has 0 amide bonds. The summed E-state index contributed by atoms with van der Waals surface area (Å²) in [6, 6.07) is 14.3. The molecule has 0 aliphatic carbocycles. The molecule has 0 bridgehead atoms. The summed E-state index contributed by atoms with van der Waals surface area (Å²) in [5.41, 5.74) is 7.62. The Morgan fingerprint density at radius 1 is 0.960 bits per heavy atom. The van der Waals surface area contributed by atoms with Crippen molar-refractivity contribution < 1.29 is 4.74 Å². The van der Waals surface area contributed by atoms with Crippen LogP contribution in [0, 0.1) is 13.8 Å².